The molecule has 0 spiro atoms. The number of aliphatic hydroxyl groups is 2. The molecule has 0 amide bonds. The zero-order valence-corrected chi connectivity index (χ0v) is 11.5. The molecule has 1 saturated carbocycles. The number of nitrogens with one attached hydrogen (secondary N) is 1. The van der Waals surface area contributed by atoms with E-state index >= 15 is 0 Å². The number of hydrogen-bond donors (Lipinski definition) is 3. The largest absolute Gasteiger partial charge is 0.394 e. The fourth-order valence-corrected chi connectivity index (χ4v) is 2.79. The van der Waals surface area contributed by atoms with Crippen LogP contribution in [0.3, 0.4) is 0 Å². The third-order valence-corrected chi connectivity index (χ3v) is 3.80. The summed E-state index contributed by atoms with van der Waals surface area (Å²) < 4.78 is 0. The molecule has 0 bridgehead atoms. The Morgan fingerprint density at radius 1 is 1.26 bits per heavy atom. The highest BCUT2D eigenvalue weighted by molar-refractivity contribution is 5.29. The van der Waals surface area contributed by atoms with Crippen LogP contribution >= 0.6 is 0 Å². The average Bonchev–Trinajstić information content (AvgIpc) is 2.45. The standard InChI is InChI=1S/C14H23N3O2/c1-10-7-12(8-18)16-14(15-10)17-13(9-19)11-5-3-2-4-6-11/h7,11,13,18-19H,2-6,8-9H2,1H3,(H,15,16,17)/t13-/m0/s1. The Bertz CT molecular complexity index is 406. The molecule has 5 heteroatoms. The van der Waals surface area contributed by atoms with Crippen molar-refractivity contribution in [3.63, 3.8) is 0 Å². The van der Waals surface area contributed by atoms with Crippen LogP contribution in [0, 0.1) is 12.8 Å². The van der Waals surface area contributed by atoms with E-state index in [0.29, 0.717) is 17.6 Å². The molecule has 1 fully saturated rings. The van der Waals surface area contributed by atoms with Crippen LogP contribution in [0.25, 0.3) is 0 Å². The van der Waals surface area contributed by atoms with Crippen LogP contribution in [0.4, 0.5) is 5.95 Å². The van der Waals surface area contributed by atoms with Crippen molar-refractivity contribution in [2.24, 2.45) is 5.92 Å². The first-order valence-electron chi connectivity index (χ1n) is 7.05. The summed E-state index contributed by atoms with van der Waals surface area (Å²) >= 11 is 0. The van der Waals surface area contributed by atoms with Crippen molar-refractivity contribution in [1.82, 2.24) is 9.97 Å². The number of aryl methyl sites for hydroxylation is 1. The molecule has 0 aromatic carbocycles. The van der Waals surface area contributed by atoms with E-state index < -0.39 is 0 Å². The minimum Gasteiger partial charge on any atom is -0.394 e. The van der Waals surface area contributed by atoms with Gasteiger partial charge in [-0.2, -0.15) is 0 Å². The lowest BCUT2D eigenvalue weighted by Gasteiger charge is -2.29. The van der Waals surface area contributed by atoms with Gasteiger partial charge in [-0.05, 0) is 31.7 Å². The summed E-state index contributed by atoms with van der Waals surface area (Å²) in [6.45, 7) is 1.88. The van der Waals surface area contributed by atoms with Crippen LogP contribution in [0.5, 0.6) is 0 Å². The van der Waals surface area contributed by atoms with Gasteiger partial charge in [0, 0.05) is 5.69 Å². The number of rotatable bonds is 5. The SMILES string of the molecule is Cc1cc(CO)nc(N[C@@H](CO)C2CCCCC2)n1. The molecule has 0 radical (unpaired) electrons. The Labute approximate surface area is 114 Å². The minimum atomic E-state index is -0.0920. The maximum absolute atomic E-state index is 9.57. The molecule has 0 saturated heterocycles. The van der Waals surface area contributed by atoms with E-state index in [1.807, 2.05) is 6.92 Å². The number of aromatic nitrogens is 2. The van der Waals surface area contributed by atoms with E-state index in [1.165, 1.54) is 19.3 Å². The Hall–Kier alpha value is -1.20. The molecule has 1 aromatic rings. The van der Waals surface area contributed by atoms with Crippen molar-refractivity contribution in [3.05, 3.63) is 17.5 Å². The number of nitrogens with zero attached hydrogens (tertiary/aromatic N) is 2. The second-order valence-corrected chi connectivity index (χ2v) is 5.31. The van der Waals surface area contributed by atoms with Crippen molar-refractivity contribution in [2.45, 2.75) is 51.7 Å². The molecule has 106 valence electrons. The van der Waals surface area contributed by atoms with E-state index in [4.69, 9.17) is 5.11 Å². The Balaban J connectivity index is 2.06. The van der Waals surface area contributed by atoms with Gasteiger partial charge in [-0.1, -0.05) is 19.3 Å². The van der Waals surface area contributed by atoms with E-state index in [9.17, 15) is 5.11 Å². The van der Waals surface area contributed by atoms with Crippen molar-refractivity contribution in [2.75, 3.05) is 11.9 Å². The number of hydrogen-bond acceptors (Lipinski definition) is 5. The molecule has 5 nitrogen and oxygen atoms in total. The lowest BCUT2D eigenvalue weighted by Crippen LogP contribution is -2.34. The monoisotopic (exact) mass is 265 g/mol. The normalized spacial score (nSPS) is 18.3. The third kappa shape index (κ3) is 3.88. The molecule has 2 rings (SSSR count). The quantitative estimate of drug-likeness (QED) is 0.754. The minimum absolute atomic E-state index is 0.00800. The molecule has 0 aliphatic heterocycles. The maximum Gasteiger partial charge on any atom is 0.223 e. The van der Waals surface area contributed by atoms with Crippen molar-refractivity contribution in [3.8, 4) is 0 Å². The molecule has 1 aliphatic rings. The lowest BCUT2D eigenvalue weighted by molar-refractivity contribution is 0.209. The van der Waals surface area contributed by atoms with Gasteiger partial charge in [0.25, 0.3) is 0 Å². The van der Waals surface area contributed by atoms with Gasteiger partial charge in [-0.25, -0.2) is 9.97 Å². The van der Waals surface area contributed by atoms with Crippen LogP contribution < -0.4 is 5.32 Å². The third-order valence-electron chi connectivity index (χ3n) is 3.80. The topological polar surface area (TPSA) is 78.3 Å². The van der Waals surface area contributed by atoms with Crippen LogP contribution in [0.2, 0.25) is 0 Å². The van der Waals surface area contributed by atoms with Crippen molar-refractivity contribution in [1.29, 1.82) is 0 Å². The highest BCUT2D eigenvalue weighted by Gasteiger charge is 2.23. The first kappa shape index (κ1) is 14.2. The molecule has 1 aliphatic carbocycles. The van der Waals surface area contributed by atoms with E-state index in [0.717, 1.165) is 18.5 Å². The van der Waals surface area contributed by atoms with Crippen LogP contribution in [-0.4, -0.2) is 32.8 Å². The van der Waals surface area contributed by atoms with E-state index in [-0.39, 0.29) is 19.3 Å². The Kier molecular flexibility index (Phi) is 5.10. The first-order chi connectivity index (χ1) is 9.22. The summed E-state index contributed by atoms with van der Waals surface area (Å²) in [5.74, 6) is 0.995. The van der Waals surface area contributed by atoms with E-state index in [1.54, 1.807) is 6.07 Å². The lowest BCUT2D eigenvalue weighted by atomic mass is 9.84. The zero-order chi connectivity index (χ0) is 13.7. The van der Waals surface area contributed by atoms with E-state index in [2.05, 4.69) is 15.3 Å². The van der Waals surface area contributed by atoms with Crippen LogP contribution in [0.15, 0.2) is 6.07 Å². The molecular weight excluding hydrogens is 242 g/mol. The smallest absolute Gasteiger partial charge is 0.223 e. The predicted molar refractivity (Wildman–Crippen MR) is 73.8 cm³/mol. The summed E-state index contributed by atoms with van der Waals surface area (Å²) in [4.78, 5) is 8.57. The second kappa shape index (κ2) is 6.82. The summed E-state index contributed by atoms with van der Waals surface area (Å²) in [5.41, 5.74) is 1.43. The predicted octanol–water partition coefficient (Wildman–Crippen LogP) is 1.63. The number of aliphatic hydroxyl groups excluding tert-OH is 2. The summed E-state index contributed by atoms with van der Waals surface area (Å²) in [5, 5.41) is 22.0. The molecule has 1 heterocycles. The summed E-state index contributed by atoms with van der Waals surface area (Å²) in [7, 11) is 0. The van der Waals surface area contributed by atoms with Crippen LogP contribution in [-0.2, 0) is 6.61 Å². The molecule has 1 aromatic heterocycles. The van der Waals surface area contributed by atoms with Gasteiger partial charge in [-0.3, -0.25) is 0 Å². The molecule has 1 atom stereocenters. The molecular formula is C14H23N3O2. The van der Waals surface area contributed by atoms with Gasteiger partial charge in [0.2, 0.25) is 5.95 Å². The van der Waals surface area contributed by atoms with Crippen molar-refractivity contribution < 1.29 is 10.2 Å². The highest BCUT2D eigenvalue weighted by atomic mass is 16.3. The van der Waals surface area contributed by atoms with Gasteiger partial charge in [-0.15, -0.1) is 0 Å². The second-order valence-electron chi connectivity index (χ2n) is 5.31. The summed E-state index contributed by atoms with van der Waals surface area (Å²) in [6.07, 6.45) is 6.07. The fourth-order valence-electron chi connectivity index (χ4n) is 2.79. The number of anilines is 1. The average molecular weight is 265 g/mol. The fraction of sp³-hybridized carbons (Fsp3) is 0.714. The molecule has 0 unspecified atom stereocenters. The van der Waals surface area contributed by atoms with Crippen LogP contribution in [0.1, 0.15) is 43.5 Å². The van der Waals surface area contributed by atoms with Crippen molar-refractivity contribution >= 4 is 5.95 Å². The van der Waals surface area contributed by atoms with Gasteiger partial charge in [0.15, 0.2) is 0 Å². The van der Waals surface area contributed by atoms with Gasteiger partial charge < -0.3 is 15.5 Å². The maximum atomic E-state index is 9.57. The molecule has 19 heavy (non-hydrogen) atoms. The summed E-state index contributed by atoms with van der Waals surface area (Å²) in [6, 6.07) is 1.77. The van der Waals surface area contributed by atoms with Gasteiger partial charge in [0.05, 0.1) is 24.9 Å². The van der Waals surface area contributed by atoms with Gasteiger partial charge in [0.1, 0.15) is 0 Å². The Morgan fingerprint density at radius 2 is 2.00 bits per heavy atom. The highest BCUT2D eigenvalue weighted by Crippen LogP contribution is 2.27. The zero-order valence-electron chi connectivity index (χ0n) is 11.5. The first-order valence-corrected chi connectivity index (χ1v) is 7.05. The van der Waals surface area contributed by atoms with Gasteiger partial charge >= 0.3 is 0 Å². The Morgan fingerprint density at radius 3 is 2.63 bits per heavy atom. The molecule has 3 N–H and O–H groups in total.